The molecule has 92 valence electrons. The lowest BCUT2D eigenvalue weighted by Crippen LogP contribution is -2.28. The molecule has 18 heavy (non-hydrogen) atoms. The Bertz CT molecular complexity index is 570. The van der Waals surface area contributed by atoms with Crippen molar-refractivity contribution in [1.82, 2.24) is 9.78 Å². The van der Waals surface area contributed by atoms with Crippen molar-refractivity contribution in [2.75, 3.05) is 5.32 Å². The molecule has 4 nitrogen and oxygen atoms in total. The van der Waals surface area contributed by atoms with Crippen molar-refractivity contribution in [1.29, 1.82) is 0 Å². The molecule has 4 heteroatoms. The molecule has 0 aliphatic heterocycles. The number of amides is 1. The number of nitrogens with zero attached hydrogens (tertiary/aromatic N) is 2. The zero-order valence-corrected chi connectivity index (χ0v) is 10.3. The van der Waals surface area contributed by atoms with Crippen molar-refractivity contribution in [3.8, 4) is 0 Å². The fourth-order valence-electron chi connectivity index (χ4n) is 2.26. The second kappa shape index (κ2) is 3.98. The van der Waals surface area contributed by atoms with Gasteiger partial charge in [-0.25, -0.2) is 0 Å². The van der Waals surface area contributed by atoms with E-state index in [9.17, 15) is 4.79 Å². The van der Waals surface area contributed by atoms with Crippen LogP contribution in [0.25, 0.3) is 0 Å². The first kappa shape index (κ1) is 11.0. The number of carbonyl (C=O) groups is 1. The van der Waals surface area contributed by atoms with Crippen molar-refractivity contribution in [2.24, 2.45) is 7.05 Å². The van der Waals surface area contributed by atoms with Crippen LogP contribution in [0.1, 0.15) is 18.4 Å². The summed E-state index contributed by atoms with van der Waals surface area (Å²) >= 11 is 0. The monoisotopic (exact) mass is 241 g/mol. The Morgan fingerprint density at radius 2 is 2.00 bits per heavy atom. The number of hydrogen-bond acceptors (Lipinski definition) is 2. The average Bonchev–Trinajstić information content (AvgIpc) is 3.12. The van der Waals surface area contributed by atoms with E-state index in [1.807, 2.05) is 37.4 Å². The lowest BCUT2D eigenvalue weighted by atomic mass is 9.95. The van der Waals surface area contributed by atoms with Crippen LogP contribution in [0, 0.1) is 0 Å². The Morgan fingerprint density at radius 1 is 1.28 bits per heavy atom. The predicted molar refractivity (Wildman–Crippen MR) is 69.2 cm³/mol. The lowest BCUT2D eigenvalue weighted by molar-refractivity contribution is -0.118. The summed E-state index contributed by atoms with van der Waals surface area (Å²) in [6, 6.07) is 11.8. The number of anilines is 1. The summed E-state index contributed by atoms with van der Waals surface area (Å²) in [7, 11) is 1.82. The van der Waals surface area contributed by atoms with Crippen LogP contribution in [-0.2, 0) is 17.3 Å². The van der Waals surface area contributed by atoms with Gasteiger partial charge in [0.1, 0.15) is 5.82 Å². The molecule has 0 unspecified atom stereocenters. The number of nitrogens with one attached hydrogen (secondary N) is 1. The summed E-state index contributed by atoms with van der Waals surface area (Å²) < 4.78 is 1.67. The van der Waals surface area contributed by atoms with E-state index in [0.29, 0.717) is 0 Å². The molecule has 1 aromatic carbocycles. The largest absolute Gasteiger partial charge is 0.310 e. The van der Waals surface area contributed by atoms with Crippen LogP contribution >= 0.6 is 0 Å². The predicted octanol–water partition coefficient (Wildman–Crippen LogP) is 2.09. The van der Waals surface area contributed by atoms with E-state index in [-0.39, 0.29) is 11.3 Å². The molecular formula is C14H15N3O. The lowest BCUT2D eigenvalue weighted by Gasteiger charge is -2.15. The molecule has 1 aromatic heterocycles. The second-order valence-corrected chi connectivity index (χ2v) is 4.74. The Kier molecular flexibility index (Phi) is 2.44. The number of aryl methyl sites for hydroxylation is 1. The maximum atomic E-state index is 12.4. The van der Waals surface area contributed by atoms with Crippen molar-refractivity contribution in [3.63, 3.8) is 0 Å². The molecule has 1 amide bonds. The molecule has 0 bridgehead atoms. The highest BCUT2D eigenvalue weighted by atomic mass is 16.2. The van der Waals surface area contributed by atoms with E-state index in [1.54, 1.807) is 16.9 Å². The molecule has 0 atom stereocenters. The first-order valence-corrected chi connectivity index (χ1v) is 6.07. The van der Waals surface area contributed by atoms with Crippen LogP contribution in [0.5, 0.6) is 0 Å². The van der Waals surface area contributed by atoms with Gasteiger partial charge in [0.2, 0.25) is 5.91 Å². The topological polar surface area (TPSA) is 46.9 Å². The Balaban J connectivity index is 1.83. The Labute approximate surface area is 106 Å². The van der Waals surface area contributed by atoms with E-state index >= 15 is 0 Å². The zero-order valence-electron chi connectivity index (χ0n) is 10.3. The molecule has 1 saturated carbocycles. The van der Waals surface area contributed by atoms with Gasteiger partial charge in [-0.05, 0) is 18.4 Å². The van der Waals surface area contributed by atoms with E-state index in [4.69, 9.17) is 0 Å². The van der Waals surface area contributed by atoms with Gasteiger partial charge in [-0.2, -0.15) is 5.10 Å². The van der Waals surface area contributed by atoms with Crippen LogP contribution in [0.3, 0.4) is 0 Å². The first-order valence-electron chi connectivity index (χ1n) is 6.07. The minimum Gasteiger partial charge on any atom is -0.310 e. The summed E-state index contributed by atoms with van der Waals surface area (Å²) in [6.45, 7) is 0. The standard InChI is InChI=1S/C14H15N3O/c1-17-12(7-10-15-17)16-13(18)14(8-9-14)11-5-3-2-4-6-11/h2-7,10H,8-9H2,1H3,(H,16,18). The summed E-state index contributed by atoms with van der Waals surface area (Å²) in [5.74, 6) is 0.805. The summed E-state index contributed by atoms with van der Waals surface area (Å²) in [5.41, 5.74) is 0.774. The van der Waals surface area contributed by atoms with Gasteiger partial charge >= 0.3 is 0 Å². The van der Waals surface area contributed by atoms with Crippen LogP contribution in [0.2, 0.25) is 0 Å². The van der Waals surface area contributed by atoms with Gasteiger partial charge < -0.3 is 5.32 Å². The Morgan fingerprint density at radius 3 is 2.56 bits per heavy atom. The van der Waals surface area contributed by atoms with Gasteiger partial charge in [0.15, 0.2) is 0 Å². The molecule has 3 rings (SSSR count). The fourth-order valence-corrected chi connectivity index (χ4v) is 2.26. The van der Waals surface area contributed by atoms with E-state index < -0.39 is 0 Å². The molecule has 1 fully saturated rings. The van der Waals surface area contributed by atoms with Gasteiger partial charge in [0.05, 0.1) is 11.6 Å². The van der Waals surface area contributed by atoms with E-state index in [2.05, 4.69) is 10.4 Å². The average molecular weight is 241 g/mol. The van der Waals surface area contributed by atoms with Gasteiger partial charge in [0, 0.05) is 13.1 Å². The summed E-state index contributed by atoms with van der Waals surface area (Å²) in [4.78, 5) is 12.4. The van der Waals surface area contributed by atoms with Gasteiger partial charge in [-0.3, -0.25) is 9.48 Å². The highest BCUT2D eigenvalue weighted by molar-refractivity contribution is 6.00. The molecule has 2 aromatic rings. The highest BCUT2D eigenvalue weighted by Crippen LogP contribution is 2.48. The molecule has 0 spiro atoms. The number of carbonyl (C=O) groups excluding carboxylic acids is 1. The summed E-state index contributed by atoms with van der Waals surface area (Å²) in [5, 5.41) is 7.00. The third-order valence-corrected chi connectivity index (χ3v) is 3.57. The Hall–Kier alpha value is -2.10. The summed E-state index contributed by atoms with van der Waals surface area (Å²) in [6.07, 6.45) is 3.51. The van der Waals surface area contributed by atoms with Gasteiger partial charge in [0.25, 0.3) is 0 Å². The third-order valence-electron chi connectivity index (χ3n) is 3.57. The van der Waals surface area contributed by atoms with E-state index in [1.165, 1.54) is 0 Å². The highest BCUT2D eigenvalue weighted by Gasteiger charge is 2.51. The van der Waals surface area contributed by atoms with Crippen LogP contribution < -0.4 is 5.32 Å². The molecule has 0 radical (unpaired) electrons. The molecule has 1 N–H and O–H groups in total. The van der Waals surface area contributed by atoms with Crippen molar-refractivity contribution in [2.45, 2.75) is 18.3 Å². The fraction of sp³-hybridized carbons (Fsp3) is 0.286. The first-order chi connectivity index (χ1) is 8.72. The third kappa shape index (κ3) is 1.70. The second-order valence-electron chi connectivity index (χ2n) is 4.74. The smallest absolute Gasteiger partial charge is 0.236 e. The quantitative estimate of drug-likeness (QED) is 0.894. The molecular weight excluding hydrogens is 226 g/mol. The number of rotatable bonds is 3. The zero-order chi connectivity index (χ0) is 12.6. The number of hydrogen-bond donors (Lipinski definition) is 1. The molecule has 0 saturated heterocycles. The minimum absolute atomic E-state index is 0.0669. The van der Waals surface area contributed by atoms with Crippen LogP contribution in [-0.4, -0.2) is 15.7 Å². The molecule has 1 aliphatic rings. The molecule has 1 heterocycles. The van der Waals surface area contributed by atoms with Gasteiger partial charge in [-0.15, -0.1) is 0 Å². The maximum Gasteiger partial charge on any atom is 0.236 e. The van der Waals surface area contributed by atoms with Crippen LogP contribution in [0.4, 0.5) is 5.82 Å². The molecule has 1 aliphatic carbocycles. The minimum atomic E-state index is -0.328. The number of aromatic nitrogens is 2. The van der Waals surface area contributed by atoms with E-state index in [0.717, 1.165) is 24.2 Å². The van der Waals surface area contributed by atoms with Crippen molar-refractivity contribution >= 4 is 11.7 Å². The maximum absolute atomic E-state index is 12.4. The normalized spacial score (nSPS) is 16.3. The van der Waals surface area contributed by atoms with Crippen molar-refractivity contribution < 1.29 is 4.79 Å². The van der Waals surface area contributed by atoms with Crippen molar-refractivity contribution in [3.05, 3.63) is 48.2 Å². The van der Waals surface area contributed by atoms with Gasteiger partial charge in [-0.1, -0.05) is 30.3 Å². The number of benzene rings is 1. The SMILES string of the molecule is Cn1nccc1NC(=O)C1(c2ccccc2)CC1. The van der Waals surface area contributed by atoms with Crippen LogP contribution in [0.15, 0.2) is 42.6 Å².